The third-order valence-electron chi connectivity index (χ3n) is 7.83. The molecule has 1 aromatic heterocycles. The Morgan fingerprint density at radius 2 is 1.67 bits per heavy atom. The Morgan fingerprint density at radius 3 is 2.44 bits per heavy atom. The molecule has 6 rings (SSSR count). The van der Waals surface area contributed by atoms with Gasteiger partial charge >= 0.3 is 0 Å². The number of carbonyl (C=O) groups is 2. The molecule has 2 heterocycles. The molecular formula is C35H33N3O6S. The fraction of sp³-hybridized carbons (Fsp3) is 0.229. The van der Waals surface area contributed by atoms with E-state index in [4.69, 9.17) is 9.47 Å². The number of amides is 2. The molecule has 230 valence electrons. The second kappa shape index (κ2) is 12.2. The van der Waals surface area contributed by atoms with Crippen LogP contribution in [0.5, 0.6) is 11.5 Å². The lowest BCUT2D eigenvalue weighted by Crippen LogP contribution is -2.32. The molecule has 10 heteroatoms. The molecule has 0 spiro atoms. The molecule has 1 aliphatic heterocycles. The van der Waals surface area contributed by atoms with E-state index in [0.717, 1.165) is 16.3 Å². The molecule has 0 saturated heterocycles. The highest BCUT2D eigenvalue weighted by Gasteiger charge is 2.37. The molecule has 0 atom stereocenters. The predicted molar refractivity (Wildman–Crippen MR) is 174 cm³/mol. The third kappa shape index (κ3) is 5.81. The molecule has 2 amide bonds. The second-order valence-corrected chi connectivity index (χ2v) is 12.6. The zero-order valence-corrected chi connectivity index (χ0v) is 26.1. The monoisotopic (exact) mass is 623 g/mol. The summed E-state index contributed by atoms with van der Waals surface area (Å²) < 4.78 is 40.2. The molecule has 1 aliphatic rings. The van der Waals surface area contributed by atoms with Gasteiger partial charge in [0.2, 0.25) is 15.9 Å². The number of sulfonamides is 1. The van der Waals surface area contributed by atoms with E-state index in [1.807, 2.05) is 69.3 Å². The number of nitrogens with one attached hydrogen (secondary N) is 1. The van der Waals surface area contributed by atoms with Gasteiger partial charge in [0.25, 0.3) is 5.91 Å². The van der Waals surface area contributed by atoms with Crippen molar-refractivity contribution in [2.45, 2.75) is 39.5 Å². The average Bonchev–Trinajstić information content (AvgIpc) is 3.35. The zero-order chi connectivity index (χ0) is 31.7. The predicted octanol–water partition coefficient (Wildman–Crippen LogP) is 5.84. The van der Waals surface area contributed by atoms with Gasteiger partial charge < -0.3 is 14.4 Å². The van der Waals surface area contributed by atoms with Crippen molar-refractivity contribution in [1.82, 2.24) is 9.71 Å². The average molecular weight is 624 g/mol. The lowest BCUT2D eigenvalue weighted by molar-refractivity contribution is -0.118. The van der Waals surface area contributed by atoms with Crippen LogP contribution in [0.3, 0.4) is 0 Å². The number of carbonyl (C=O) groups excluding carboxylic acids is 2. The van der Waals surface area contributed by atoms with Crippen LogP contribution in [0, 0.1) is 6.92 Å². The Hall–Kier alpha value is -4.96. The largest absolute Gasteiger partial charge is 0.492 e. The van der Waals surface area contributed by atoms with E-state index >= 15 is 0 Å². The standard InChI is InChI=1S/C35H33N3O6S/c1-4-43-33-27-14-9-17-36-32(27)34(44-5-2)28-20-38(35(40)31(28)33)29-16-15-23(18-22(29)3)21-45(41,42)37-30(39)19-25-12-8-11-24-10-6-7-13-26(24)25/h6-18H,4-5,19-21H2,1-3H3,(H,37,39). The summed E-state index contributed by atoms with van der Waals surface area (Å²) in [5.74, 6) is -0.182. The summed E-state index contributed by atoms with van der Waals surface area (Å²) in [6, 6.07) is 22.1. The maximum absolute atomic E-state index is 13.9. The van der Waals surface area contributed by atoms with Crippen LogP contribution in [-0.2, 0) is 33.5 Å². The van der Waals surface area contributed by atoms with Crippen molar-refractivity contribution < 1.29 is 27.5 Å². The van der Waals surface area contributed by atoms with Gasteiger partial charge in [0.05, 0.1) is 37.5 Å². The summed E-state index contributed by atoms with van der Waals surface area (Å²) in [5.41, 5.74) is 4.38. The van der Waals surface area contributed by atoms with Crippen LogP contribution in [0.1, 0.15) is 46.5 Å². The highest BCUT2D eigenvalue weighted by molar-refractivity contribution is 7.89. The van der Waals surface area contributed by atoms with Crippen molar-refractivity contribution in [3.05, 3.63) is 107 Å². The van der Waals surface area contributed by atoms with Crippen LogP contribution >= 0.6 is 0 Å². The van der Waals surface area contributed by atoms with Gasteiger partial charge in [0.15, 0.2) is 5.75 Å². The van der Waals surface area contributed by atoms with Crippen LogP contribution in [0.25, 0.3) is 21.7 Å². The number of benzene rings is 4. The smallest absolute Gasteiger partial charge is 0.262 e. The minimum absolute atomic E-state index is 0.0613. The van der Waals surface area contributed by atoms with Crippen molar-refractivity contribution >= 4 is 49.2 Å². The summed E-state index contributed by atoms with van der Waals surface area (Å²) in [5, 5.41) is 2.59. The molecule has 1 N–H and O–H groups in total. The summed E-state index contributed by atoms with van der Waals surface area (Å²) in [6.45, 7) is 6.60. The van der Waals surface area contributed by atoms with E-state index < -0.39 is 15.9 Å². The van der Waals surface area contributed by atoms with Gasteiger partial charge in [-0.25, -0.2) is 8.42 Å². The first kappa shape index (κ1) is 30.1. The normalized spacial score (nSPS) is 12.9. The summed E-state index contributed by atoms with van der Waals surface area (Å²) in [7, 11) is -3.98. The minimum atomic E-state index is -3.98. The number of pyridine rings is 1. The zero-order valence-electron chi connectivity index (χ0n) is 25.3. The number of aryl methyl sites for hydroxylation is 1. The highest BCUT2D eigenvalue weighted by Crippen LogP contribution is 2.45. The molecule has 4 aromatic carbocycles. The first-order chi connectivity index (χ1) is 21.7. The van der Waals surface area contributed by atoms with E-state index in [2.05, 4.69) is 9.71 Å². The molecule has 0 radical (unpaired) electrons. The number of hydrogen-bond donors (Lipinski definition) is 1. The van der Waals surface area contributed by atoms with Gasteiger partial charge in [-0.3, -0.25) is 19.3 Å². The Labute approximate surface area is 261 Å². The molecule has 0 saturated carbocycles. The molecule has 0 bridgehead atoms. The Balaban J connectivity index is 1.23. The number of ether oxygens (including phenoxy) is 2. The number of anilines is 1. The molecule has 0 fully saturated rings. The van der Waals surface area contributed by atoms with Crippen molar-refractivity contribution in [2.75, 3.05) is 18.1 Å². The number of hydrogen-bond acceptors (Lipinski definition) is 7. The molecule has 5 aromatic rings. The minimum Gasteiger partial charge on any atom is -0.492 e. The lowest BCUT2D eigenvalue weighted by Gasteiger charge is -2.19. The van der Waals surface area contributed by atoms with Gasteiger partial charge in [0, 0.05) is 22.8 Å². The third-order valence-corrected chi connectivity index (χ3v) is 9.08. The van der Waals surface area contributed by atoms with Gasteiger partial charge in [-0.05, 0) is 66.4 Å². The van der Waals surface area contributed by atoms with Crippen molar-refractivity contribution in [3.63, 3.8) is 0 Å². The van der Waals surface area contributed by atoms with Crippen molar-refractivity contribution in [1.29, 1.82) is 0 Å². The fourth-order valence-electron chi connectivity index (χ4n) is 6.02. The lowest BCUT2D eigenvalue weighted by atomic mass is 10.0. The summed E-state index contributed by atoms with van der Waals surface area (Å²) in [6.07, 6.45) is 1.62. The molecule has 0 aliphatic carbocycles. The first-order valence-electron chi connectivity index (χ1n) is 14.8. The number of nitrogens with zero attached hydrogens (tertiary/aromatic N) is 2. The van der Waals surface area contributed by atoms with E-state index in [9.17, 15) is 18.0 Å². The quantitative estimate of drug-likeness (QED) is 0.208. The molecular weight excluding hydrogens is 590 g/mol. The van der Waals surface area contributed by atoms with Crippen LogP contribution in [0.4, 0.5) is 5.69 Å². The summed E-state index contributed by atoms with van der Waals surface area (Å²) in [4.78, 5) is 32.9. The van der Waals surface area contributed by atoms with Crippen LogP contribution in [0.15, 0.2) is 79.0 Å². The van der Waals surface area contributed by atoms with Gasteiger partial charge in [-0.1, -0.05) is 54.6 Å². The first-order valence-corrected chi connectivity index (χ1v) is 16.5. The van der Waals surface area contributed by atoms with E-state index in [0.29, 0.717) is 63.6 Å². The fourth-order valence-corrected chi connectivity index (χ4v) is 7.13. The Morgan fingerprint density at radius 1 is 0.933 bits per heavy atom. The highest BCUT2D eigenvalue weighted by atomic mass is 32.2. The number of rotatable bonds is 10. The van der Waals surface area contributed by atoms with Crippen LogP contribution in [0.2, 0.25) is 0 Å². The van der Waals surface area contributed by atoms with Gasteiger partial charge in [0.1, 0.15) is 11.3 Å². The van der Waals surface area contributed by atoms with Gasteiger partial charge in [-0.2, -0.15) is 0 Å². The van der Waals surface area contributed by atoms with E-state index in [1.165, 1.54) is 0 Å². The molecule has 0 unspecified atom stereocenters. The molecule has 9 nitrogen and oxygen atoms in total. The van der Waals surface area contributed by atoms with Gasteiger partial charge in [-0.15, -0.1) is 0 Å². The molecule has 45 heavy (non-hydrogen) atoms. The van der Waals surface area contributed by atoms with Crippen LogP contribution < -0.4 is 19.1 Å². The Bertz CT molecular complexity index is 2070. The van der Waals surface area contributed by atoms with Crippen molar-refractivity contribution in [2.24, 2.45) is 0 Å². The summed E-state index contributed by atoms with van der Waals surface area (Å²) >= 11 is 0. The second-order valence-electron chi connectivity index (χ2n) is 10.9. The Kier molecular flexibility index (Phi) is 8.16. The van der Waals surface area contributed by atoms with E-state index in [1.54, 1.807) is 35.4 Å². The topological polar surface area (TPSA) is 115 Å². The van der Waals surface area contributed by atoms with E-state index in [-0.39, 0.29) is 24.6 Å². The SMILES string of the molecule is CCOc1c2c(c(OCC)c3ncccc13)CN(c1ccc(CS(=O)(=O)NC(=O)Cc3cccc4ccccc34)cc1C)C2=O. The maximum atomic E-state index is 13.9. The maximum Gasteiger partial charge on any atom is 0.262 e. The van der Waals surface area contributed by atoms with Crippen molar-refractivity contribution in [3.8, 4) is 11.5 Å². The number of fused-ring (bicyclic) bond motifs is 3. The van der Waals surface area contributed by atoms with Crippen LogP contribution in [-0.4, -0.2) is 38.4 Å². The number of aromatic nitrogens is 1.